The van der Waals surface area contributed by atoms with Gasteiger partial charge in [-0.1, -0.05) is 60.7 Å². The molecule has 2 aromatic carbocycles. The highest BCUT2D eigenvalue weighted by Crippen LogP contribution is 2.46. The first kappa shape index (κ1) is 19.6. The maximum atomic E-state index is 13.5. The van der Waals surface area contributed by atoms with E-state index in [1.54, 1.807) is 0 Å². The molecule has 0 radical (unpaired) electrons. The van der Waals surface area contributed by atoms with E-state index in [2.05, 4.69) is 0 Å². The zero-order chi connectivity index (χ0) is 20.6. The lowest BCUT2D eigenvalue weighted by Gasteiger charge is -2.34. The van der Waals surface area contributed by atoms with E-state index in [0.717, 1.165) is 16.0 Å². The summed E-state index contributed by atoms with van der Waals surface area (Å²) in [7, 11) is 0. The summed E-state index contributed by atoms with van der Waals surface area (Å²) in [5, 5.41) is 30.9. The van der Waals surface area contributed by atoms with Crippen molar-refractivity contribution in [2.24, 2.45) is 5.92 Å². The molecule has 1 aliphatic carbocycles. The molecule has 4 atom stereocenters. The van der Waals surface area contributed by atoms with E-state index in [-0.39, 0.29) is 26.1 Å². The van der Waals surface area contributed by atoms with Crippen molar-refractivity contribution in [1.29, 1.82) is 0 Å². The number of nitrogens with zero attached hydrogens (tertiary/aromatic N) is 2. The van der Waals surface area contributed by atoms with Crippen LogP contribution in [0.5, 0.6) is 0 Å². The quantitative estimate of drug-likeness (QED) is 0.658. The molecule has 3 amide bonds. The third-order valence-corrected chi connectivity index (χ3v) is 6.03. The van der Waals surface area contributed by atoms with Gasteiger partial charge in [0.15, 0.2) is 5.54 Å². The Morgan fingerprint density at radius 3 is 1.97 bits per heavy atom. The molecule has 0 unspecified atom stereocenters. The summed E-state index contributed by atoms with van der Waals surface area (Å²) in [6, 6.07) is 17.9. The summed E-state index contributed by atoms with van der Waals surface area (Å²) in [4.78, 5) is 29.3. The fourth-order valence-corrected chi connectivity index (χ4v) is 4.47. The maximum absolute atomic E-state index is 13.5. The Balaban J connectivity index is 1.73. The molecular formula is C22H24N2O5. The number of amides is 3. The molecule has 0 bridgehead atoms. The summed E-state index contributed by atoms with van der Waals surface area (Å²) in [5.74, 6) is -1.22. The molecular weight excluding hydrogens is 372 g/mol. The molecule has 2 aromatic rings. The van der Waals surface area contributed by atoms with Gasteiger partial charge in [0.25, 0.3) is 5.91 Å². The molecule has 7 heteroatoms. The van der Waals surface area contributed by atoms with Crippen molar-refractivity contribution in [2.45, 2.75) is 37.3 Å². The van der Waals surface area contributed by atoms with Crippen LogP contribution in [0.25, 0.3) is 0 Å². The number of hydrogen-bond donors (Lipinski definition) is 3. The van der Waals surface area contributed by atoms with Crippen molar-refractivity contribution in [3.63, 3.8) is 0 Å². The molecule has 4 rings (SSSR count). The van der Waals surface area contributed by atoms with E-state index < -0.39 is 35.6 Å². The van der Waals surface area contributed by atoms with E-state index in [1.807, 2.05) is 60.7 Å². The van der Waals surface area contributed by atoms with Gasteiger partial charge in [-0.25, -0.2) is 4.79 Å². The fraction of sp³-hybridized carbons (Fsp3) is 0.364. The molecule has 1 saturated carbocycles. The Bertz CT molecular complexity index is 891. The average molecular weight is 396 g/mol. The number of rotatable bonds is 5. The Hall–Kier alpha value is -2.74. The summed E-state index contributed by atoms with van der Waals surface area (Å²) in [6.45, 7) is -0.171. The zero-order valence-electron chi connectivity index (χ0n) is 15.9. The third kappa shape index (κ3) is 3.11. The third-order valence-electron chi connectivity index (χ3n) is 6.03. The standard InChI is InChI=1S/C22H24N2O5/c25-14-17-11-22(19(27)18(17)26)20(28)23(12-15-7-3-1-4-8-15)21(29)24(22)13-16-9-5-2-6-10-16/h1-10,17-19,25-27H,11-14H2/t17-,18+,19+,22-/m1/s1. The highest BCUT2D eigenvalue weighted by molar-refractivity contribution is 6.07. The summed E-state index contributed by atoms with van der Waals surface area (Å²) < 4.78 is 0. The predicted octanol–water partition coefficient (Wildman–Crippen LogP) is 1.12. The number of urea groups is 1. The van der Waals surface area contributed by atoms with E-state index in [1.165, 1.54) is 4.90 Å². The van der Waals surface area contributed by atoms with Crippen LogP contribution >= 0.6 is 0 Å². The number of aliphatic hydroxyl groups is 3. The number of imide groups is 1. The highest BCUT2D eigenvalue weighted by atomic mass is 16.3. The smallest absolute Gasteiger partial charge is 0.328 e. The van der Waals surface area contributed by atoms with E-state index in [0.29, 0.717) is 0 Å². The molecule has 29 heavy (non-hydrogen) atoms. The number of aliphatic hydroxyl groups excluding tert-OH is 3. The summed E-state index contributed by atoms with van der Waals surface area (Å²) >= 11 is 0. The van der Waals surface area contributed by atoms with Gasteiger partial charge in [-0.2, -0.15) is 0 Å². The molecule has 7 nitrogen and oxygen atoms in total. The van der Waals surface area contributed by atoms with Crippen LogP contribution in [0.1, 0.15) is 17.5 Å². The monoisotopic (exact) mass is 396 g/mol. The second-order valence-electron chi connectivity index (χ2n) is 7.74. The van der Waals surface area contributed by atoms with Gasteiger partial charge in [-0.05, 0) is 17.5 Å². The van der Waals surface area contributed by atoms with Crippen molar-refractivity contribution >= 4 is 11.9 Å². The van der Waals surface area contributed by atoms with Crippen molar-refractivity contribution < 1.29 is 24.9 Å². The highest BCUT2D eigenvalue weighted by Gasteiger charge is 2.67. The molecule has 1 saturated heterocycles. The van der Waals surface area contributed by atoms with Crippen LogP contribution in [0.4, 0.5) is 4.79 Å². The van der Waals surface area contributed by atoms with Crippen molar-refractivity contribution in [3.8, 4) is 0 Å². The van der Waals surface area contributed by atoms with Crippen molar-refractivity contribution in [1.82, 2.24) is 9.80 Å². The molecule has 1 spiro atoms. The van der Waals surface area contributed by atoms with Crippen molar-refractivity contribution in [3.05, 3.63) is 71.8 Å². The first-order valence-corrected chi connectivity index (χ1v) is 9.67. The van der Waals surface area contributed by atoms with Crippen LogP contribution in [-0.2, 0) is 17.9 Å². The largest absolute Gasteiger partial charge is 0.396 e. The minimum Gasteiger partial charge on any atom is -0.396 e. The molecule has 2 aliphatic rings. The van der Waals surface area contributed by atoms with E-state index in [9.17, 15) is 24.9 Å². The Kier molecular flexibility index (Phi) is 5.12. The minimum absolute atomic E-state index is 0.00846. The SMILES string of the molecule is O=C1N(Cc2ccccc2)C(=O)[C@]2(C[C@H](CO)[C@H](O)[C@@H]2O)N1Cc1ccccc1. The molecule has 3 N–H and O–H groups in total. The second kappa shape index (κ2) is 7.59. The molecule has 1 heterocycles. The number of carbonyl (C=O) groups excluding carboxylic acids is 2. The maximum Gasteiger partial charge on any atom is 0.328 e. The van der Waals surface area contributed by atoms with Crippen LogP contribution in [0, 0.1) is 5.92 Å². The Morgan fingerprint density at radius 2 is 1.45 bits per heavy atom. The summed E-state index contributed by atoms with van der Waals surface area (Å²) in [6.07, 6.45) is -2.75. The van der Waals surface area contributed by atoms with Crippen LogP contribution in [-0.4, -0.2) is 61.4 Å². The van der Waals surface area contributed by atoms with E-state index >= 15 is 0 Å². The molecule has 152 valence electrons. The Morgan fingerprint density at radius 1 is 0.897 bits per heavy atom. The molecule has 2 fully saturated rings. The van der Waals surface area contributed by atoms with Gasteiger partial charge in [0.2, 0.25) is 0 Å². The first-order valence-electron chi connectivity index (χ1n) is 9.67. The van der Waals surface area contributed by atoms with Crippen molar-refractivity contribution in [2.75, 3.05) is 6.61 Å². The van der Waals surface area contributed by atoms with Crippen LogP contribution in [0.2, 0.25) is 0 Å². The molecule has 1 aliphatic heterocycles. The van der Waals surface area contributed by atoms with Gasteiger partial charge < -0.3 is 20.2 Å². The lowest BCUT2D eigenvalue weighted by Crippen LogP contribution is -2.56. The number of carbonyl (C=O) groups is 2. The van der Waals surface area contributed by atoms with Crippen LogP contribution < -0.4 is 0 Å². The van der Waals surface area contributed by atoms with Crippen LogP contribution in [0.15, 0.2) is 60.7 Å². The predicted molar refractivity (Wildman–Crippen MR) is 104 cm³/mol. The normalized spacial score (nSPS) is 29.3. The van der Waals surface area contributed by atoms with Gasteiger partial charge in [0, 0.05) is 19.1 Å². The van der Waals surface area contributed by atoms with Gasteiger partial charge in [0.1, 0.15) is 6.10 Å². The second-order valence-corrected chi connectivity index (χ2v) is 7.74. The number of benzene rings is 2. The van der Waals surface area contributed by atoms with Gasteiger partial charge in [-0.15, -0.1) is 0 Å². The fourth-order valence-electron chi connectivity index (χ4n) is 4.47. The average Bonchev–Trinajstić information content (AvgIpc) is 3.12. The number of hydrogen-bond acceptors (Lipinski definition) is 5. The van der Waals surface area contributed by atoms with Gasteiger partial charge in [-0.3, -0.25) is 9.69 Å². The van der Waals surface area contributed by atoms with Gasteiger partial charge >= 0.3 is 6.03 Å². The Labute approximate surface area is 168 Å². The van der Waals surface area contributed by atoms with E-state index in [4.69, 9.17) is 0 Å². The van der Waals surface area contributed by atoms with Gasteiger partial charge in [0.05, 0.1) is 12.6 Å². The first-order chi connectivity index (χ1) is 14.0. The lowest BCUT2D eigenvalue weighted by atomic mass is 9.91. The summed E-state index contributed by atoms with van der Waals surface area (Å²) in [5.41, 5.74) is 0.00973. The molecule has 0 aromatic heterocycles. The zero-order valence-corrected chi connectivity index (χ0v) is 15.9. The lowest BCUT2D eigenvalue weighted by molar-refractivity contribution is -0.140. The van der Waals surface area contributed by atoms with Crippen LogP contribution in [0.3, 0.4) is 0 Å². The topological polar surface area (TPSA) is 101 Å². The minimum atomic E-state index is -1.59.